The zero-order valence-corrected chi connectivity index (χ0v) is 18.5. The zero-order chi connectivity index (χ0) is 22.1. The van der Waals surface area contributed by atoms with Crippen molar-refractivity contribution < 1.29 is 13.2 Å². The minimum absolute atomic E-state index is 0.228. The maximum Gasteiger partial charge on any atom is 0.261 e. The van der Waals surface area contributed by atoms with Gasteiger partial charge >= 0.3 is 0 Å². The van der Waals surface area contributed by atoms with Crippen LogP contribution < -0.4 is 14.9 Å². The summed E-state index contributed by atoms with van der Waals surface area (Å²) in [5.74, 6) is 0.849. The Morgan fingerprint density at radius 2 is 1.55 bits per heavy atom. The van der Waals surface area contributed by atoms with Crippen LogP contribution in [-0.2, 0) is 10.0 Å². The van der Waals surface area contributed by atoms with Crippen molar-refractivity contribution in [1.82, 2.24) is 0 Å². The largest absolute Gasteiger partial charge is 0.494 e. The zero-order valence-electron chi connectivity index (χ0n) is 17.7. The Labute approximate surface area is 184 Å². The fraction of sp³-hybridized carbons (Fsp3) is 0.208. The lowest BCUT2D eigenvalue weighted by atomic mass is 10.2. The molecule has 0 amide bonds. The second kappa shape index (κ2) is 10.6. The van der Waals surface area contributed by atoms with Gasteiger partial charge in [0.1, 0.15) is 5.75 Å². The summed E-state index contributed by atoms with van der Waals surface area (Å²) >= 11 is 0. The number of benzene rings is 3. The van der Waals surface area contributed by atoms with Gasteiger partial charge in [-0.15, -0.1) is 0 Å². The van der Waals surface area contributed by atoms with Crippen molar-refractivity contribution in [2.24, 2.45) is 5.10 Å². The molecule has 0 aliphatic rings. The number of rotatable bonds is 10. The van der Waals surface area contributed by atoms with E-state index in [1.807, 2.05) is 31.2 Å². The summed E-state index contributed by atoms with van der Waals surface area (Å²) in [5.41, 5.74) is 6.11. The third kappa shape index (κ3) is 6.86. The fourth-order valence-electron chi connectivity index (χ4n) is 2.71. The minimum atomic E-state index is -3.62. The molecule has 3 aromatic carbocycles. The molecule has 0 saturated heterocycles. The van der Waals surface area contributed by atoms with Gasteiger partial charge in [-0.2, -0.15) is 5.10 Å². The maximum absolute atomic E-state index is 12.5. The van der Waals surface area contributed by atoms with Crippen LogP contribution in [0.25, 0.3) is 0 Å². The van der Waals surface area contributed by atoms with E-state index in [0.717, 1.165) is 42.0 Å². The Morgan fingerprint density at radius 3 is 2.19 bits per heavy atom. The molecule has 0 atom stereocenters. The van der Waals surface area contributed by atoms with Crippen LogP contribution in [0.5, 0.6) is 5.75 Å². The van der Waals surface area contributed by atoms with E-state index in [-0.39, 0.29) is 4.90 Å². The van der Waals surface area contributed by atoms with Crippen LogP contribution in [0.3, 0.4) is 0 Å². The lowest BCUT2D eigenvalue weighted by Gasteiger charge is -2.09. The molecular weight excluding hydrogens is 410 g/mol. The normalized spacial score (nSPS) is 11.4. The number of aryl methyl sites for hydroxylation is 1. The number of unbranched alkanes of at least 4 members (excludes halogenated alkanes) is 1. The molecule has 6 nitrogen and oxygen atoms in total. The number of hydrogen-bond acceptors (Lipinski definition) is 5. The Bertz CT molecular complexity index is 1090. The Hall–Kier alpha value is -3.32. The lowest BCUT2D eigenvalue weighted by molar-refractivity contribution is 0.309. The standard InChI is InChI=1S/C24H27N3O3S/c1-3-4-17-30-23-13-7-20(8-14-23)18-25-26-21-9-11-22(12-10-21)27-31(28,29)24-15-5-19(2)6-16-24/h5-16,18,26-27H,3-4,17H2,1-2H3/b25-18+. The van der Waals surface area contributed by atoms with Gasteiger partial charge in [-0.25, -0.2) is 8.42 Å². The van der Waals surface area contributed by atoms with Crippen LogP contribution in [0.4, 0.5) is 11.4 Å². The van der Waals surface area contributed by atoms with Gasteiger partial charge in [-0.3, -0.25) is 10.1 Å². The molecule has 0 bridgehead atoms. The Morgan fingerprint density at radius 1 is 0.903 bits per heavy atom. The first-order valence-corrected chi connectivity index (χ1v) is 11.7. The quantitative estimate of drug-likeness (QED) is 0.252. The Balaban J connectivity index is 1.54. The predicted molar refractivity (Wildman–Crippen MR) is 126 cm³/mol. The molecule has 31 heavy (non-hydrogen) atoms. The van der Waals surface area contributed by atoms with E-state index in [1.54, 1.807) is 54.7 Å². The topological polar surface area (TPSA) is 79.8 Å². The monoisotopic (exact) mass is 437 g/mol. The number of nitrogens with one attached hydrogen (secondary N) is 2. The van der Waals surface area contributed by atoms with E-state index in [0.29, 0.717) is 5.69 Å². The molecule has 0 heterocycles. The van der Waals surface area contributed by atoms with E-state index >= 15 is 0 Å². The number of hydrazone groups is 1. The summed E-state index contributed by atoms with van der Waals surface area (Å²) in [6.07, 6.45) is 3.86. The van der Waals surface area contributed by atoms with Crippen LogP contribution >= 0.6 is 0 Å². The summed E-state index contributed by atoms with van der Waals surface area (Å²) in [6, 6.07) is 21.3. The van der Waals surface area contributed by atoms with Crippen LogP contribution in [0.1, 0.15) is 30.9 Å². The van der Waals surface area contributed by atoms with Gasteiger partial charge in [0, 0.05) is 5.69 Å². The number of anilines is 2. The lowest BCUT2D eigenvalue weighted by Crippen LogP contribution is -2.12. The molecule has 3 aromatic rings. The highest BCUT2D eigenvalue weighted by atomic mass is 32.2. The summed E-state index contributed by atoms with van der Waals surface area (Å²) in [4.78, 5) is 0.228. The number of nitrogens with zero attached hydrogens (tertiary/aromatic N) is 1. The van der Waals surface area contributed by atoms with E-state index in [9.17, 15) is 8.42 Å². The molecular formula is C24H27N3O3S. The van der Waals surface area contributed by atoms with Gasteiger partial charge in [0.2, 0.25) is 0 Å². The number of sulfonamides is 1. The highest BCUT2D eigenvalue weighted by Gasteiger charge is 2.13. The highest BCUT2D eigenvalue weighted by Crippen LogP contribution is 2.19. The summed E-state index contributed by atoms with van der Waals surface area (Å²) in [5, 5.41) is 4.22. The van der Waals surface area contributed by atoms with E-state index < -0.39 is 10.0 Å². The van der Waals surface area contributed by atoms with Crippen LogP contribution in [0.15, 0.2) is 82.8 Å². The van der Waals surface area contributed by atoms with Gasteiger partial charge in [-0.1, -0.05) is 31.0 Å². The average molecular weight is 438 g/mol. The van der Waals surface area contributed by atoms with Crippen molar-refractivity contribution in [3.05, 3.63) is 83.9 Å². The summed E-state index contributed by atoms with van der Waals surface area (Å²) < 4.78 is 33.2. The van der Waals surface area contributed by atoms with Gasteiger partial charge in [0.15, 0.2) is 0 Å². The van der Waals surface area contributed by atoms with Crippen LogP contribution in [0, 0.1) is 6.92 Å². The van der Waals surface area contributed by atoms with Crippen molar-refractivity contribution in [2.75, 3.05) is 16.8 Å². The second-order valence-corrected chi connectivity index (χ2v) is 8.82. The van der Waals surface area contributed by atoms with Crippen molar-refractivity contribution in [1.29, 1.82) is 0 Å². The smallest absolute Gasteiger partial charge is 0.261 e. The fourth-order valence-corrected chi connectivity index (χ4v) is 3.77. The summed E-state index contributed by atoms with van der Waals surface area (Å²) in [7, 11) is -3.62. The molecule has 0 aliphatic carbocycles. The van der Waals surface area contributed by atoms with Crippen LogP contribution in [-0.4, -0.2) is 21.2 Å². The van der Waals surface area contributed by atoms with Gasteiger partial charge in [0.05, 0.1) is 23.4 Å². The second-order valence-electron chi connectivity index (χ2n) is 7.14. The van der Waals surface area contributed by atoms with Crippen molar-refractivity contribution in [2.45, 2.75) is 31.6 Å². The van der Waals surface area contributed by atoms with E-state index in [1.165, 1.54) is 0 Å². The molecule has 0 aromatic heterocycles. The average Bonchev–Trinajstić information content (AvgIpc) is 2.76. The molecule has 0 radical (unpaired) electrons. The first-order chi connectivity index (χ1) is 15.0. The molecule has 0 fully saturated rings. The van der Waals surface area contributed by atoms with E-state index in [4.69, 9.17) is 4.74 Å². The van der Waals surface area contributed by atoms with Gasteiger partial charge in [-0.05, 0) is 79.6 Å². The highest BCUT2D eigenvalue weighted by molar-refractivity contribution is 7.92. The SMILES string of the molecule is CCCCOc1ccc(/C=N/Nc2ccc(NS(=O)(=O)c3ccc(C)cc3)cc2)cc1. The Kier molecular flexibility index (Phi) is 7.67. The van der Waals surface area contributed by atoms with Crippen molar-refractivity contribution >= 4 is 27.6 Å². The molecule has 3 rings (SSSR count). The van der Waals surface area contributed by atoms with Crippen molar-refractivity contribution in [3.8, 4) is 5.75 Å². The molecule has 0 spiro atoms. The van der Waals surface area contributed by atoms with Gasteiger partial charge in [0.25, 0.3) is 10.0 Å². The maximum atomic E-state index is 12.5. The summed E-state index contributed by atoms with van der Waals surface area (Å²) in [6.45, 7) is 4.77. The molecule has 162 valence electrons. The third-order valence-electron chi connectivity index (χ3n) is 4.52. The first kappa shape index (κ1) is 22.4. The number of hydrogen-bond donors (Lipinski definition) is 2. The molecule has 0 unspecified atom stereocenters. The first-order valence-electron chi connectivity index (χ1n) is 10.2. The third-order valence-corrected chi connectivity index (χ3v) is 5.92. The minimum Gasteiger partial charge on any atom is -0.494 e. The predicted octanol–water partition coefficient (Wildman–Crippen LogP) is 5.42. The van der Waals surface area contributed by atoms with Crippen LogP contribution in [0.2, 0.25) is 0 Å². The number of ether oxygens (including phenoxy) is 1. The van der Waals surface area contributed by atoms with Crippen molar-refractivity contribution in [3.63, 3.8) is 0 Å². The van der Waals surface area contributed by atoms with E-state index in [2.05, 4.69) is 22.2 Å². The molecule has 0 aliphatic heterocycles. The molecule has 7 heteroatoms. The van der Waals surface area contributed by atoms with Gasteiger partial charge < -0.3 is 4.74 Å². The molecule has 2 N–H and O–H groups in total. The molecule has 0 saturated carbocycles.